The van der Waals surface area contributed by atoms with E-state index >= 15 is 0 Å². The Balaban J connectivity index is 2.51. The number of benzene rings is 2. The van der Waals surface area contributed by atoms with Gasteiger partial charge in [0.1, 0.15) is 11.5 Å². The minimum absolute atomic E-state index is 0.362. The molecule has 0 aliphatic rings. The predicted molar refractivity (Wildman–Crippen MR) is 81.8 cm³/mol. The monoisotopic (exact) mass is 291 g/mol. The van der Waals surface area contributed by atoms with Crippen LogP contribution in [0.3, 0.4) is 0 Å². The quantitative estimate of drug-likeness (QED) is 0.934. The molecule has 1 atom stereocenters. The maximum absolute atomic E-state index is 6.37. The second kappa shape index (κ2) is 6.16. The number of aryl methyl sites for hydroxylation is 1. The van der Waals surface area contributed by atoms with Crippen molar-refractivity contribution in [1.82, 2.24) is 0 Å². The fraction of sp³-hybridized carbons (Fsp3) is 0.250. The number of halogens is 1. The van der Waals surface area contributed by atoms with E-state index in [2.05, 4.69) is 0 Å². The molecule has 106 valence electrons. The number of nitrogens with two attached hydrogens (primary N) is 1. The average Bonchev–Trinajstić information content (AvgIpc) is 2.46. The summed E-state index contributed by atoms with van der Waals surface area (Å²) in [6, 6.07) is 11.0. The Morgan fingerprint density at radius 3 is 2.30 bits per heavy atom. The van der Waals surface area contributed by atoms with Gasteiger partial charge < -0.3 is 15.2 Å². The second-order valence-electron chi connectivity index (χ2n) is 4.61. The lowest BCUT2D eigenvalue weighted by Crippen LogP contribution is -2.14. The predicted octanol–water partition coefficient (Wildman–Crippen LogP) is 3.71. The van der Waals surface area contributed by atoms with Gasteiger partial charge in [-0.1, -0.05) is 23.7 Å². The smallest absolute Gasteiger partial charge is 0.124 e. The Hall–Kier alpha value is -1.71. The normalized spacial score (nSPS) is 12.1. The van der Waals surface area contributed by atoms with Crippen molar-refractivity contribution in [3.05, 3.63) is 58.1 Å². The Morgan fingerprint density at radius 2 is 1.65 bits per heavy atom. The van der Waals surface area contributed by atoms with Gasteiger partial charge in [-0.3, -0.25) is 0 Å². The SMILES string of the molecule is COc1cc(C)ccc1C(N)c1cc(Cl)ccc1OC. The number of rotatable bonds is 4. The molecule has 0 fully saturated rings. The molecule has 0 aliphatic heterocycles. The molecule has 0 saturated heterocycles. The van der Waals surface area contributed by atoms with Crippen molar-refractivity contribution in [2.24, 2.45) is 5.73 Å². The van der Waals surface area contributed by atoms with E-state index in [1.807, 2.05) is 37.3 Å². The van der Waals surface area contributed by atoms with Crippen LogP contribution >= 0.6 is 11.6 Å². The summed E-state index contributed by atoms with van der Waals surface area (Å²) in [7, 11) is 3.26. The third kappa shape index (κ3) is 2.89. The van der Waals surface area contributed by atoms with Crippen molar-refractivity contribution in [2.75, 3.05) is 14.2 Å². The van der Waals surface area contributed by atoms with Crippen LogP contribution in [0.2, 0.25) is 5.02 Å². The van der Waals surface area contributed by atoms with Crippen molar-refractivity contribution >= 4 is 11.6 Å². The molecule has 0 spiro atoms. The van der Waals surface area contributed by atoms with Crippen LogP contribution in [-0.4, -0.2) is 14.2 Å². The average molecular weight is 292 g/mol. The standard InChI is InChI=1S/C16H18ClNO2/c1-10-4-6-12(15(8-10)20-3)16(18)13-9-11(17)5-7-14(13)19-2/h4-9,16H,18H2,1-3H3. The molecule has 2 aromatic carbocycles. The summed E-state index contributed by atoms with van der Waals surface area (Å²) in [6.45, 7) is 2.01. The first-order valence-electron chi connectivity index (χ1n) is 6.30. The Labute approximate surface area is 124 Å². The van der Waals surface area contributed by atoms with E-state index in [4.69, 9.17) is 26.8 Å². The zero-order valence-corrected chi connectivity index (χ0v) is 12.6. The Bertz CT molecular complexity index is 613. The summed E-state index contributed by atoms with van der Waals surface area (Å²) in [5.74, 6) is 1.48. The zero-order chi connectivity index (χ0) is 14.7. The molecule has 0 aromatic heterocycles. The number of ether oxygens (including phenoxy) is 2. The van der Waals surface area contributed by atoms with E-state index in [1.165, 1.54) is 0 Å². The van der Waals surface area contributed by atoms with E-state index < -0.39 is 0 Å². The summed E-state index contributed by atoms with van der Waals surface area (Å²) in [5, 5.41) is 0.627. The molecule has 0 heterocycles. The fourth-order valence-corrected chi connectivity index (χ4v) is 2.37. The van der Waals surface area contributed by atoms with E-state index in [0.29, 0.717) is 10.8 Å². The van der Waals surface area contributed by atoms with Gasteiger partial charge in [-0.15, -0.1) is 0 Å². The van der Waals surface area contributed by atoms with Crippen LogP contribution in [0.1, 0.15) is 22.7 Å². The lowest BCUT2D eigenvalue weighted by atomic mass is 9.97. The van der Waals surface area contributed by atoms with Crippen LogP contribution in [0.5, 0.6) is 11.5 Å². The molecule has 2 aromatic rings. The summed E-state index contributed by atoms with van der Waals surface area (Å²) in [6.07, 6.45) is 0. The highest BCUT2D eigenvalue weighted by atomic mass is 35.5. The second-order valence-corrected chi connectivity index (χ2v) is 5.05. The zero-order valence-electron chi connectivity index (χ0n) is 11.8. The molecule has 0 amide bonds. The van der Waals surface area contributed by atoms with Gasteiger partial charge in [-0.05, 0) is 36.8 Å². The third-order valence-electron chi connectivity index (χ3n) is 3.25. The van der Waals surface area contributed by atoms with Gasteiger partial charge >= 0.3 is 0 Å². The number of methoxy groups -OCH3 is 2. The Kier molecular flexibility index (Phi) is 4.53. The molecule has 0 bridgehead atoms. The summed E-state index contributed by atoms with van der Waals surface area (Å²) in [4.78, 5) is 0. The maximum Gasteiger partial charge on any atom is 0.124 e. The van der Waals surface area contributed by atoms with E-state index in [0.717, 1.165) is 22.4 Å². The highest BCUT2D eigenvalue weighted by molar-refractivity contribution is 6.30. The van der Waals surface area contributed by atoms with Crippen LogP contribution < -0.4 is 15.2 Å². The van der Waals surface area contributed by atoms with Gasteiger partial charge in [0, 0.05) is 16.1 Å². The van der Waals surface area contributed by atoms with Crippen LogP contribution in [-0.2, 0) is 0 Å². The van der Waals surface area contributed by atoms with E-state index in [-0.39, 0.29) is 6.04 Å². The molecular formula is C16H18ClNO2. The minimum Gasteiger partial charge on any atom is -0.496 e. The highest BCUT2D eigenvalue weighted by Gasteiger charge is 2.18. The summed E-state index contributed by atoms with van der Waals surface area (Å²) < 4.78 is 10.8. The molecular weight excluding hydrogens is 274 g/mol. The van der Waals surface area contributed by atoms with Crippen LogP contribution in [0.4, 0.5) is 0 Å². The van der Waals surface area contributed by atoms with Gasteiger partial charge in [0.2, 0.25) is 0 Å². The first kappa shape index (κ1) is 14.7. The van der Waals surface area contributed by atoms with Gasteiger partial charge in [0.05, 0.1) is 20.3 Å². The van der Waals surface area contributed by atoms with Crippen LogP contribution in [0, 0.1) is 6.92 Å². The maximum atomic E-state index is 6.37. The molecule has 4 heteroatoms. The topological polar surface area (TPSA) is 44.5 Å². The van der Waals surface area contributed by atoms with Crippen molar-refractivity contribution in [3.63, 3.8) is 0 Å². The van der Waals surface area contributed by atoms with Gasteiger partial charge in [-0.25, -0.2) is 0 Å². The van der Waals surface area contributed by atoms with Gasteiger partial charge in [0.15, 0.2) is 0 Å². The molecule has 20 heavy (non-hydrogen) atoms. The molecule has 1 unspecified atom stereocenters. The number of hydrogen-bond acceptors (Lipinski definition) is 3. The first-order chi connectivity index (χ1) is 9.56. The molecule has 0 saturated carbocycles. The first-order valence-corrected chi connectivity index (χ1v) is 6.68. The van der Waals surface area contributed by atoms with Crippen molar-refractivity contribution in [3.8, 4) is 11.5 Å². The summed E-state index contributed by atoms with van der Waals surface area (Å²) in [5.41, 5.74) is 9.23. The molecule has 0 radical (unpaired) electrons. The van der Waals surface area contributed by atoms with E-state index in [9.17, 15) is 0 Å². The third-order valence-corrected chi connectivity index (χ3v) is 3.49. The highest BCUT2D eigenvalue weighted by Crippen LogP contribution is 2.35. The minimum atomic E-state index is -0.362. The van der Waals surface area contributed by atoms with E-state index in [1.54, 1.807) is 20.3 Å². The van der Waals surface area contributed by atoms with Crippen molar-refractivity contribution in [2.45, 2.75) is 13.0 Å². The molecule has 0 aliphatic carbocycles. The lowest BCUT2D eigenvalue weighted by Gasteiger charge is -2.19. The fourth-order valence-electron chi connectivity index (χ4n) is 2.19. The molecule has 2 rings (SSSR count). The molecule has 3 nitrogen and oxygen atoms in total. The number of hydrogen-bond donors (Lipinski definition) is 1. The van der Waals surface area contributed by atoms with Gasteiger partial charge in [0.25, 0.3) is 0 Å². The molecule has 2 N–H and O–H groups in total. The summed E-state index contributed by atoms with van der Waals surface area (Å²) >= 11 is 6.06. The van der Waals surface area contributed by atoms with Crippen molar-refractivity contribution in [1.29, 1.82) is 0 Å². The lowest BCUT2D eigenvalue weighted by molar-refractivity contribution is 0.400. The largest absolute Gasteiger partial charge is 0.496 e. The van der Waals surface area contributed by atoms with Crippen LogP contribution in [0.15, 0.2) is 36.4 Å². The van der Waals surface area contributed by atoms with Gasteiger partial charge in [-0.2, -0.15) is 0 Å². The van der Waals surface area contributed by atoms with Crippen LogP contribution in [0.25, 0.3) is 0 Å². The van der Waals surface area contributed by atoms with Crippen molar-refractivity contribution < 1.29 is 9.47 Å². The Morgan fingerprint density at radius 1 is 0.950 bits per heavy atom.